The predicted octanol–water partition coefficient (Wildman–Crippen LogP) is 3.03. The maximum atomic E-state index is 11.8. The number of fused-ring (bicyclic) bond motifs is 1. The van der Waals surface area contributed by atoms with E-state index in [0.29, 0.717) is 21.4 Å². The normalized spacial score (nSPS) is 10.5. The van der Waals surface area contributed by atoms with Crippen LogP contribution in [0, 0.1) is 0 Å². The molecule has 3 rings (SSSR count). The van der Waals surface area contributed by atoms with E-state index in [2.05, 4.69) is 15.8 Å². The van der Waals surface area contributed by atoms with Crippen molar-refractivity contribution in [2.24, 2.45) is 0 Å². The van der Waals surface area contributed by atoms with Crippen molar-refractivity contribution in [1.82, 2.24) is 15.8 Å². The fraction of sp³-hybridized carbons (Fsp3) is 0.0625. The van der Waals surface area contributed by atoms with E-state index >= 15 is 0 Å². The van der Waals surface area contributed by atoms with E-state index in [1.165, 1.54) is 0 Å². The number of amides is 2. The minimum absolute atomic E-state index is 0.0632. The third kappa shape index (κ3) is 4.06. The number of benzene rings is 2. The number of oxazole rings is 1. The van der Waals surface area contributed by atoms with Gasteiger partial charge in [-0.15, -0.1) is 0 Å². The lowest BCUT2D eigenvalue weighted by atomic mass is 10.2. The van der Waals surface area contributed by atoms with Crippen LogP contribution in [0.4, 0.5) is 0 Å². The highest BCUT2D eigenvalue weighted by Gasteiger charge is 2.10. The first-order valence-electron chi connectivity index (χ1n) is 6.95. The molecule has 0 aliphatic heterocycles. The number of carbonyl (C=O) groups is 2. The summed E-state index contributed by atoms with van der Waals surface area (Å²) in [5.41, 5.74) is 6.46. The molecule has 0 radical (unpaired) electrons. The summed E-state index contributed by atoms with van der Waals surface area (Å²) >= 11 is 6.90. The van der Waals surface area contributed by atoms with E-state index in [1.54, 1.807) is 30.3 Å². The lowest BCUT2D eigenvalue weighted by Crippen LogP contribution is -2.42. The molecule has 2 N–H and O–H groups in total. The van der Waals surface area contributed by atoms with Crippen LogP contribution in [-0.4, -0.2) is 22.6 Å². The molecule has 0 aliphatic carbocycles. The standard InChI is InChI=1S/C16H12ClN3O3S/c17-11-7-5-10(6-8-11)15(22)20-19-14(21)9-24-16-18-12-3-1-2-4-13(12)23-16/h1-8H,9H2,(H,19,21)(H,20,22). The second kappa shape index (κ2) is 7.37. The highest BCUT2D eigenvalue weighted by atomic mass is 35.5. The molecular formula is C16H12ClN3O3S. The van der Waals surface area contributed by atoms with Crippen LogP contribution in [0.1, 0.15) is 10.4 Å². The van der Waals surface area contributed by atoms with Gasteiger partial charge in [0.2, 0.25) is 5.91 Å². The molecule has 1 aromatic heterocycles. The predicted molar refractivity (Wildman–Crippen MR) is 91.8 cm³/mol. The number of para-hydroxylation sites is 2. The zero-order chi connectivity index (χ0) is 16.9. The van der Waals surface area contributed by atoms with Crippen LogP contribution in [0.5, 0.6) is 0 Å². The summed E-state index contributed by atoms with van der Waals surface area (Å²) in [6.07, 6.45) is 0. The van der Waals surface area contributed by atoms with Crippen LogP contribution in [0.2, 0.25) is 5.02 Å². The second-order valence-corrected chi connectivity index (χ2v) is 6.11. The van der Waals surface area contributed by atoms with E-state index < -0.39 is 5.91 Å². The summed E-state index contributed by atoms with van der Waals surface area (Å²) in [6, 6.07) is 13.7. The first-order valence-corrected chi connectivity index (χ1v) is 8.31. The number of carbonyl (C=O) groups excluding carboxylic acids is 2. The molecule has 3 aromatic rings. The molecule has 0 unspecified atom stereocenters. The van der Waals surface area contributed by atoms with Crippen molar-refractivity contribution in [3.8, 4) is 0 Å². The van der Waals surface area contributed by atoms with E-state index in [-0.39, 0.29) is 11.7 Å². The number of aromatic nitrogens is 1. The van der Waals surface area contributed by atoms with Gasteiger partial charge in [-0.05, 0) is 36.4 Å². The van der Waals surface area contributed by atoms with Gasteiger partial charge in [0.25, 0.3) is 11.1 Å². The molecule has 0 spiro atoms. The maximum absolute atomic E-state index is 11.8. The van der Waals surface area contributed by atoms with Crippen molar-refractivity contribution in [2.75, 3.05) is 5.75 Å². The van der Waals surface area contributed by atoms with E-state index in [9.17, 15) is 9.59 Å². The monoisotopic (exact) mass is 361 g/mol. The van der Waals surface area contributed by atoms with Crippen LogP contribution in [0.3, 0.4) is 0 Å². The van der Waals surface area contributed by atoms with Crippen molar-refractivity contribution in [1.29, 1.82) is 0 Å². The first kappa shape index (κ1) is 16.4. The molecule has 2 aromatic carbocycles. The van der Waals surface area contributed by atoms with Gasteiger partial charge in [-0.2, -0.15) is 0 Å². The summed E-state index contributed by atoms with van der Waals surface area (Å²) < 4.78 is 5.50. The van der Waals surface area contributed by atoms with Crippen molar-refractivity contribution in [3.05, 3.63) is 59.1 Å². The molecule has 6 nitrogen and oxygen atoms in total. The minimum Gasteiger partial charge on any atom is -0.431 e. The second-order valence-electron chi connectivity index (χ2n) is 4.75. The molecule has 0 saturated carbocycles. The van der Waals surface area contributed by atoms with Crippen LogP contribution in [0.15, 0.2) is 58.2 Å². The Labute approximate surface area is 146 Å². The molecule has 122 valence electrons. The molecule has 1 heterocycles. The molecule has 2 amide bonds. The Kier molecular flexibility index (Phi) is 5.02. The Morgan fingerprint density at radius 1 is 1.08 bits per heavy atom. The van der Waals surface area contributed by atoms with E-state index in [4.69, 9.17) is 16.0 Å². The van der Waals surface area contributed by atoms with Crippen molar-refractivity contribution in [3.63, 3.8) is 0 Å². The van der Waals surface area contributed by atoms with Gasteiger partial charge in [-0.1, -0.05) is 35.5 Å². The Morgan fingerprint density at radius 2 is 1.83 bits per heavy atom. The topological polar surface area (TPSA) is 84.2 Å². The lowest BCUT2D eigenvalue weighted by Gasteiger charge is -2.06. The number of nitrogens with zero attached hydrogens (tertiary/aromatic N) is 1. The highest BCUT2D eigenvalue weighted by Crippen LogP contribution is 2.22. The molecule has 0 aliphatic rings. The third-order valence-corrected chi connectivity index (χ3v) is 4.10. The fourth-order valence-electron chi connectivity index (χ4n) is 1.88. The number of hydrazine groups is 1. The summed E-state index contributed by atoms with van der Waals surface area (Å²) in [6.45, 7) is 0. The largest absolute Gasteiger partial charge is 0.431 e. The van der Waals surface area contributed by atoms with Gasteiger partial charge >= 0.3 is 0 Å². The molecular weight excluding hydrogens is 350 g/mol. The molecule has 0 bridgehead atoms. The summed E-state index contributed by atoms with van der Waals surface area (Å²) in [5, 5.41) is 0.931. The van der Waals surface area contributed by atoms with E-state index in [0.717, 1.165) is 17.3 Å². The summed E-state index contributed by atoms with van der Waals surface area (Å²) in [4.78, 5) is 27.9. The number of hydrogen-bond acceptors (Lipinski definition) is 5. The molecule has 8 heteroatoms. The van der Waals surface area contributed by atoms with E-state index in [1.807, 2.05) is 18.2 Å². The van der Waals surface area contributed by atoms with Gasteiger partial charge < -0.3 is 4.42 Å². The van der Waals surface area contributed by atoms with Crippen LogP contribution >= 0.6 is 23.4 Å². The summed E-state index contributed by atoms with van der Waals surface area (Å²) in [7, 11) is 0. The summed E-state index contributed by atoms with van der Waals surface area (Å²) in [5.74, 6) is -0.732. The van der Waals surface area contributed by atoms with Crippen LogP contribution in [0.25, 0.3) is 11.1 Å². The van der Waals surface area contributed by atoms with Crippen molar-refractivity contribution < 1.29 is 14.0 Å². The smallest absolute Gasteiger partial charge is 0.269 e. The van der Waals surface area contributed by atoms with Gasteiger partial charge in [-0.25, -0.2) is 4.98 Å². The molecule has 0 atom stereocenters. The van der Waals surface area contributed by atoms with Gasteiger partial charge in [0.05, 0.1) is 5.75 Å². The fourth-order valence-corrected chi connectivity index (χ4v) is 2.64. The lowest BCUT2D eigenvalue weighted by molar-refractivity contribution is -0.119. The zero-order valence-electron chi connectivity index (χ0n) is 12.3. The van der Waals surface area contributed by atoms with Gasteiger partial charge in [-0.3, -0.25) is 20.4 Å². The Bertz CT molecular complexity index is 847. The molecule has 0 fully saturated rings. The zero-order valence-corrected chi connectivity index (χ0v) is 13.9. The average molecular weight is 362 g/mol. The van der Waals surface area contributed by atoms with Gasteiger partial charge in [0.15, 0.2) is 5.58 Å². The Morgan fingerprint density at radius 3 is 2.58 bits per heavy atom. The Balaban J connectivity index is 1.48. The van der Waals surface area contributed by atoms with Crippen molar-refractivity contribution in [2.45, 2.75) is 5.22 Å². The number of thioether (sulfide) groups is 1. The molecule has 0 saturated heterocycles. The first-order chi connectivity index (χ1) is 11.6. The Hall–Kier alpha value is -2.51. The number of nitrogens with one attached hydrogen (secondary N) is 2. The van der Waals surface area contributed by atoms with Gasteiger partial charge in [0.1, 0.15) is 5.52 Å². The van der Waals surface area contributed by atoms with Gasteiger partial charge in [0, 0.05) is 10.6 Å². The number of hydrogen-bond donors (Lipinski definition) is 2. The number of halogens is 1. The van der Waals surface area contributed by atoms with Crippen molar-refractivity contribution >= 4 is 46.3 Å². The third-order valence-electron chi connectivity index (χ3n) is 3.02. The quantitative estimate of drug-likeness (QED) is 0.551. The van der Waals surface area contributed by atoms with Crippen LogP contribution in [-0.2, 0) is 4.79 Å². The maximum Gasteiger partial charge on any atom is 0.269 e. The number of rotatable bonds is 4. The SMILES string of the molecule is O=C(CSc1nc2ccccc2o1)NNC(=O)c1ccc(Cl)cc1. The highest BCUT2D eigenvalue weighted by molar-refractivity contribution is 7.99. The van der Waals surface area contributed by atoms with Crippen LogP contribution < -0.4 is 10.9 Å². The minimum atomic E-state index is -0.424. The average Bonchev–Trinajstić information content (AvgIpc) is 3.01. The molecule has 24 heavy (non-hydrogen) atoms.